The largest absolute Gasteiger partial charge is 0.387 e. The van der Waals surface area contributed by atoms with Gasteiger partial charge in [-0.2, -0.15) is 0 Å². The summed E-state index contributed by atoms with van der Waals surface area (Å²) in [5.74, 6) is 0. The highest BCUT2D eigenvalue weighted by Gasteiger charge is 2.54. The lowest BCUT2D eigenvalue weighted by atomic mass is 9.96. The Balaban J connectivity index is 1.31. The first-order valence-electron chi connectivity index (χ1n) is 10.6. The summed E-state index contributed by atoms with van der Waals surface area (Å²) in [5, 5.41) is 22.4. The zero-order valence-electron chi connectivity index (χ0n) is 18.4. The molecule has 2 fully saturated rings. The highest BCUT2D eigenvalue weighted by Crippen LogP contribution is 2.55. The summed E-state index contributed by atoms with van der Waals surface area (Å²) < 4.78 is 37.5. The van der Waals surface area contributed by atoms with E-state index < -0.39 is 37.7 Å². The highest BCUT2D eigenvalue weighted by atomic mass is 35.5. The van der Waals surface area contributed by atoms with Gasteiger partial charge in [-0.1, -0.05) is 23.7 Å². The second-order valence-electron chi connectivity index (χ2n) is 8.54. The van der Waals surface area contributed by atoms with Crippen LogP contribution in [0.2, 0.25) is 5.02 Å². The van der Waals surface area contributed by atoms with Crippen LogP contribution in [0.25, 0.3) is 11.2 Å². The fraction of sp³-hybridized carbons (Fsp3) is 0.476. The van der Waals surface area contributed by atoms with E-state index in [1.165, 1.54) is 24.1 Å². The molecular weight excluding hydrogens is 487 g/mol. The number of hydrogen-bond donors (Lipinski definition) is 2. The van der Waals surface area contributed by atoms with Crippen LogP contribution in [-0.2, 0) is 23.1 Å². The molecule has 0 aliphatic carbocycles. The first kappa shape index (κ1) is 23.8. The standard InChI is InChI=1S/C21H24ClN4O7P/c1-12-17-19(24-9-23-12)26(10-25-17)20-21(2,28)18(27)16(32-20)8-31-34(29)11-30-7-15(33-34)13-4-3-5-14(22)6-13/h3-6,9-10,15-16,18,20,27-28H,7-8,11H2,1-2H3/t15?,16-,18-,20-,21-,34?/m1/s1. The molecule has 5 rings (SSSR count). The van der Waals surface area contributed by atoms with Crippen molar-refractivity contribution in [1.29, 1.82) is 0 Å². The summed E-state index contributed by atoms with van der Waals surface area (Å²) >= 11 is 6.05. The number of hydrogen-bond acceptors (Lipinski definition) is 10. The average Bonchev–Trinajstić information content (AvgIpc) is 3.32. The number of halogens is 1. The predicted octanol–water partition coefficient (Wildman–Crippen LogP) is 2.75. The van der Waals surface area contributed by atoms with Crippen molar-refractivity contribution in [2.45, 2.75) is 44.0 Å². The summed E-state index contributed by atoms with van der Waals surface area (Å²) in [7, 11) is -3.67. The van der Waals surface area contributed by atoms with Crippen LogP contribution >= 0.6 is 19.2 Å². The second kappa shape index (κ2) is 8.92. The fourth-order valence-corrected chi connectivity index (χ4v) is 5.83. The van der Waals surface area contributed by atoms with Crippen molar-refractivity contribution in [3.05, 3.63) is 53.2 Å². The summed E-state index contributed by atoms with van der Waals surface area (Å²) in [6.07, 6.45) is -1.37. The molecular formula is C21H24ClN4O7P. The van der Waals surface area contributed by atoms with Crippen molar-refractivity contribution in [3.63, 3.8) is 0 Å². The van der Waals surface area contributed by atoms with Gasteiger partial charge in [0.15, 0.2) is 11.9 Å². The third kappa shape index (κ3) is 4.27. The maximum Gasteiger partial charge on any atom is 0.356 e. The summed E-state index contributed by atoms with van der Waals surface area (Å²) in [4.78, 5) is 12.6. The van der Waals surface area contributed by atoms with E-state index in [0.717, 1.165) is 0 Å². The average molecular weight is 511 g/mol. The highest BCUT2D eigenvalue weighted by molar-refractivity contribution is 7.53. The van der Waals surface area contributed by atoms with Gasteiger partial charge in [0.05, 0.1) is 25.2 Å². The van der Waals surface area contributed by atoms with E-state index in [9.17, 15) is 14.8 Å². The van der Waals surface area contributed by atoms with Gasteiger partial charge in [0.1, 0.15) is 42.1 Å². The molecule has 13 heteroatoms. The third-order valence-electron chi connectivity index (χ3n) is 6.01. The van der Waals surface area contributed by atoms with E-state index in [2.05, 4.69) is 15.0 Å². The zero-order valence-corrected chi connectivity index (χ0v) is 20.1. The van der Waals surface area contributed by atoms with Crippen molar-refractivity contribution >= 4 is 30.4 Å². The Hall–Kier alpha value is -1.95. The first-order chi connectivity index (χ1) is 16.2. The maximum atomic E-state index is 13.2. The molecule has 182 valence electrons. The zero-order chi connectivity index (χ0) is 24.1. The Morgan fingerprint density at radius 3 is 2.97 bits per heavy atom. The molecule has 2 saturated heterocycles. The van der Waals surface area contributed by atoms with Gasteiger partial charge in [-0.3, -0.25) is 13.7 Å². The normalized spacial score (nSPS) is 34.0. The van der Waals surface area contributed by atoms with Crippen LogP contribution in [0.1, 0.15) is 30.5 Å². The Labute approximate surface area is 200 Å². The Bertz CT molecular complexity index is 1250. The van der Waals surface area contributed by atoms with E-state index in [1.807, 2.05) is 0 Å². The number of ether oxygens (including phenoxy) is 2. The van der Waals surface area contributed by atoms with E-state index in [4.69, 9.17) is 30.1 Å². The Kier molecular flexibility index (Phi) is 6.24. The van der Waals surface area contributed by atoms with Gasteiger partial charge in [0.25, 0.3) is 0 Å². The molecule has 2 aliphatic heterocycles. The number of rotatable bonds is 5. The topological polar surface area (TPSA) is 138 Å². The monoisotopic (exact) mass is 510 g/mol. The molecule has 2 N–H and O–H groups in total. The fourth-order valence-electron chi connectivity index (χ4n) is 4.16. The minimum absolute atomic E-state index is 0.196. The third-order valence-corrected chi connectivity index (χ3v) is 7.86. The quantitative estimate of drug-likeness (QED) is 0.492. The molecule has 6 atom stereocenters. The lowest BCUT2D eigenvalue weighted by Gasteiger charge is -2.30. The molecule has 0 spiro atoms. The minimum atomic E-state index is -3.67. The number of aliphatic hydroxyl groups is 2. The molecule has 34 heavy (non-hydrogen) atoms. The minimum Gasteiger partial charge on any atom is -0.387 e. The van der Waals surface area contributed by atoms with Gasteiger partial charge >= 0.3 is 7.60 Å². The predicted molar refractivity (Wildman–Crippen MR) is 120 cm³/mol. The molecule has 0 bridgehead atoms. The van der Waals surface area contributed by atoms with E-state index in [1.54, 1.807) is 31.2 Å². The SMILES string of the molecule is Cc1ncnc2c1ncn2[C@@H]1O[C@H](COP2(=O)COCC(c3cccc(Cl)c3)O2)[C@@H](O)[C@@]1(C)O. The Morgan fingerprint density at radius 1 is 1.35 bits per heavy atom. The van der Waals surface area contributed by atoms with Gasteiger partial charge in [0.2, 0.25) is 0 Å². The number of benzene rings is 1. The number of aliphatic hydroxyl groups excluding tert-OH is 1. The number of fused-ring (bicyclic) bond motifs is 1. The second-order valence-corrected chi connectivity index (χ2v) is 10.9. The molecule has 3 aromatic rings. The van der Waals surface area contributed by atoms with Crippen LogP contribution in [0.5, 0.6) is 0 Å². The lowest BCUT2D eigenvalue weighted by molar-refractivity contribution is -0.0951. The van der Waals surface area contributed by atoms with E-state index in [-0.39, 0.29) is 19.6 Å². The van der Waals surface area contributed by atoms with Gasteiger partial charge in [-0.05, 0) is 31.5 Å². The molecule has 2 unspecified atom stereocenters. The van der Waals surface area contributed by atoms with E-state index >= 15 is 0 Å². The van der Waals surface area contributed by atoms with Crippen LogP contribution in [0.3, 0.4) is 0 Å². The van der Waals surface area contributed by atoms with Crippen molar-refractivity contribution in [2.75, 3.05) is 19.6 Å². The van der Waals surface area contributed by atoms with Crippen molar-refractivity contribution in [2.24, 2.45) is 0 Å². The van der Waals surface area contributed by atoms with Gasteiger partial charge in [0, 0.05) is 5.02 Å². The van der Waals surface area contributed by atoms with Gasteiger partial charge < -0.3 is 24.2 Å². The molecule has 2 aromatic heterocycles. The number of aryl methyl sites for hydroxylation is 1. The molecule has 0 radical (unpaired) electrons. The van der Waals surface area contributed by atoms with Crippen LogP contribution in [0.4, 0.5) is 0 Å². The Morgan fingerprint density at radius 2 is 2.18 bits per heavy atom. The molecule has 1 aromatic carbocycles. The summed E-state index contributed by atoms with van der Waals surface area (Å²) in [6.45, 7) is 3.14. The molecule has 4 heterocycles. The van der Waals surface area contributed by atoms with Crippen molar-refractivity contribution in [1.82, 2.24) is 19.5 Å². The number of imidazole rings is 1. The number of nitrogens with zero attached hydrogens (tertiary/aromatic N) is 4. The van der Waals surface area contributed by atoms with Crippen molar-refractivity contribution in [3.8, 4) is 0 Å². The molecule has 11 nitrogen and oxygen atoms in total. The van der Waals surface area contributed by atoms with Gasteiger partial charge in [-0.25, -0.2) is 15.0 Å². The van der Waals surface area contributed by atoms with Crippen LogP contribution in [-0.4, -0.2) is 67.1 Å². The van der Waals surface area contributed by atoms with Crippen LogP contribution in [0, 0.1) is 6.92 Å². The van der Waals surface area contributed by atoms with Crippen molar-refractivity contribution < 1.29 is 33.3 Å². The number of aromatic nitrogens is 4. The molecule has 2 aliphatic rings. The van der Waals surface area contributed by atoms with E-state index in [0.29, 0.717) is 27.4 Å². The molecule has 0 amide bonds. The maximum absolute atomic E-state index is 13.2. The first-order valence-corrected chi connectivity index (χ1v) is 12.7. The van der Waals surface area contributed by atoms with Crippen LogP contribution < -0.4 is 0 Å². The van der Waals surface area contributed by atoms with Crippen LogP contribution in [0.15, 0.2) is 36.9 Å². The summed E-state index contributed by atoms with van der Waals surface area (Å²) in [5.41, 5.74) is 0.680. The summed E-state index contributed by atoms with van der Waals surface area (Å²) in [6, 6.07) is 6.99. The van der Waals surface area contributed by atoms with Gasteiger partial charge in [-0.15, -0.1) is 0 Å². The smallest absolute Gasteiger partial charge is 0.356 e. The molecule has 0 saturated carbocycles. The lowest BCUT2D eigenvalue weighted by Crippen LogP contribution is -2.44.